The van der Waals surface area contributed by atoms with Gasteiger partial charge in [0, 0.05) is 24.0 Å². The number of nitrogens with two attached hydrogens (primary N) is 1. The summed E-state index contributed by atoms with van der Waals surface area (Å²) in [6.45, 7) is 0. The van der Waals surface area contributed by atoms with E-state index in [9.17, 15) is 9.59 Å². The standard InChI is InChI=1S/C21H18N3O2/c22-20(25)21(26)24-19-8-4-7-16(14-19)17-11-12-23-18(13-17)10-9-15-5-2-1-3-6-15/h1-8,10-14H,9H2,(H2,22,25)(H,24,26). The van der Waals surface area contributed by atoms with Gasteiger partial charge in [0.15, 0.2) is 0 Å². The van der Waals surface area contributed by atoms with E-state index < -0.39 is 11.8 Å². The minimum atomic E-state index is -1.02. The van der Waals surface area contributed by atoms with Gasteiger partial charge >= 0.3 is 11.8 Å². The van der Waals surface area contributed by atoms with Crippen LogP contribution in [-0.4, -0.2) is 16.8 Å². The van der Waals surface area contributed by atoms with Crippen LogP contribution in [0.25, 0.3) is 11.1 Å². The van der Waals surface area contributed by atoms with Crippen LogP contribution in [0.1, 0.15) is 11.3 Å². The van der Waals surface area contributed by atoms with Gasteiger partial charge < -0.3 is 11.1 Å². The average molecular weight is 344 g/mol. The Morgan fingerprint density at radius 3 is 2.50 bits per heavy atom. The Morgan fingerprint density at radius 1 is 0.962 bits per heavy atom. The number of amides is 2. The maximum Gasteiger partial charge on any atom is 0.313 e. The van der Waals surface area contributed by atoms with Crippen LogP contribution in [0.2, 0.25) is 0 Å². The van der Waals surface area contributed by atoms with Gasteiger partial charge in [0.05, 0.1) is 0 Å². The van der Waals surface area contributed by atoms with Crippen molar-refractivity contribution in [3.8, 4) is 11.1 Å². The molecule has 0 unspecified atom stereocenters. The van der Waals surface area contributed by atoms with E-state index in [1.807, 2.05) is 36.4 Å². The van der Waals surface area contributed by atoms with Crippen LogP contribution >= 0.6 is 0 Å². The van der Waals surface area contributed by atoms with Crippen LogP contribution in [0.15, 0.2) is 72.9 Å². The number of hydrogen-bond donors (Lipinski definition) is 2. The van der Waals surface area contributed by atoms with E-state index in [1.165, 1.54) is 5.56 Å². The monoisotopic (exact) mass is 344 g/mol. The van der Waals surface area contributed by atoms with E-state index in [-0.39, 0.29) is 0 Å². The molecule has 0 atom stereocenters. The molecule has 0 bridgehead atoms. The minimum Gasteiger partial charge on any atom is -0.361 e. The molecule has 3 N–H and O–H groups in total. The predicted molar refractivity (Wildman–Crippen MR) is 101 cm³/mol. The van der Waals surface area contributed by atoms with Crippen molar-refractivity contribution in [1.82, 2.24) is 4.98 Å². The van der Waals surface area contributed by atoms with Gasteiger partial charge in [0.2, 0.25) is 0 Å². The molecule has 3 aromatic rings. The number of carbonyl (C=O) groups is 2. The summed E-state index contributed by atoms with van der Waals surface area (Å²) in [5.74, 6) is -1.86. The van der Waals surface area contributed by atoms with Crippen molar-refractivity contribution in [2.45, 2.75) is 6.42 Å². The largest absolute Gasteiger partial charge is 0.361 e. The highest BCUT2D eigenvalue weighted by Gasteiger charge is 2.09. The molecule has 5 nitrogen and oxygen atoms in total. The van der Waals surface area contributed by atoms with E-state index in [0.717, 1.165) is 23.2 Å². The van der Waals surface area contributed by atoms with Crippen LogP contribution in [0.3, 0.4) is 0 Å². The number of nitrogens with one attached hydrogen (secondary N) is 1. The van der Waals surface area contributed by atoms with Gasteiger partial charge in [-0.05, 0) is 47.4 Å². The lowest BCUT2D eigenvalue weighted by Gasteiger charge is -2.08. The summed E-state index contributed by atoms with van der Waals surface area (Å²) in [5.41, 5.74) is 9.45. The summed E-state index contributed by atoms with van der Waals surface area (Å²) in [6, 6.07) is 21.3. The van der Waals surface area contributed by atoms with Crippen molar-refractivity contribution in [2.24, 2.45) is 5.73 Å². The average Bonchev–Trinajstić information content (AvgIpc) is 2.67. The van der Waals surface area contributed by atoms with Gasteiger partial charge in [-0.3, -0.25) is 14.6 Å². The summed E-state index contributed by atoms with van der Waals surface area (Å²) >= 11 is 0. The van der Waals surface area contributed by atoms with Crippen LogP contribution < -0.4 is 11.1 Å². The van der Waals surface area contributed by atoms with Crippen molar-refractivity contribution >= 4 is 17.5 Å². The quantitative estimate of drug-likeness (QED) is 0.698. The van der Waals surface area contributed by atoms with Gasteiger partial charge in [-0.1, -0.05) is 42.5 Å². The van der Waals surface area contributed by atoms with Crippen LogP contribution in [0, 0.1) is 6.42 Å². The molecule has 2 amide bonds. The summed E-state index contributed by atoms with van der Waals surface area (Å²) in [7, 11) is 0. The van der Waals surface area contributed by atoms with Crippen molar-refractivity contribution in [2.75, 3.05) is 5.32 Å². The normalized spacial score (nSPS) is 10.3. The molecule has 129 valence electrons. The van der Waals surface area contributed by atoms with Crippen LogP contribution in [-0.2, 0) is 16.0 Å². The predicted octanol–water partition coefficient (Wildman–Crippen LogP) is 2.97. The third-order valence-corrected chi connectivity index (χ3v) is 3.85. The van der Waals surface area contributed by atoms with Crippen molar-refractivity contribution in [1.29, 1.82) is 0 Å². The van der Waals surface area contributed by atoms with Gasteiger partial charge in [0.25, 0.3) is 0 Å². The number of anilines is 1. The molecule has 0 aliphatic rings. The van der Waals surface area contributed by atoms with Crippen LogP contribution in [0.4, 0.5) is 5.69 Å². The zero-order chi connectivity index (χ0) is 18.4. The fourth-order valence-electron chi connectivity index (χ4n) is 2.55. The van der Waals surface area contributed by atoms with Crippen molar-refractivity contribution in [3.63, 3.8) is 0 Å². The number of carbonyl (C=O) groups excluding carboxylic acids is 2. The molecule has 0 aliphatic heterocycles. The second-order valence-corrected chi connectivity index (χ2v) is 5.76. The fourth-order valence-corrected chi connectivity index (χ4v) is 2.55. The molecular weight excluding hydrogens is 326 g/mol. The Balaban J connectivity index is 1.75. The Hall–Kier alpha value is -3.47. The van der Waals surface area contributed by atoms with E-state index in [0.29, 0.717) is 5.69 Å². The number of pyridine rings is 1. The second kappa shape index (κ2) is 8.07. The highest BCUT2D eigenvalue weighted by atomic mass is 16.2. The molecule has 2 aromatic carbocycles. The SMILES string of the molecule is NC(=O)C(=O)Nc1cccc(-c2ccnc([CH]Cc3ccccc3)c2)c1. The van der Waals surface area contributed by atoms with Crippen molar-refractivity contribution < 1.29 is 9.59 Å². The Morgan fingerprint density at radius 2 is 1.73 bits per heavy atom. The number of nitrogens with zero attached hydrogens (tertiary/aromatic N) is 1. The second-order valence-electron chi connectivity index (χ2n) is 5.76. The molecular formula is C21H18N3O2. The first kappa shape index (κ1) is 17.4. The molecule has 0 saturated heterocycles. The topological polar surface area (TPSA) is 85.1 Å². The molecule has 26 heavy (non-hydrogen) atoms. The summed E-state index contributed by atoms with van der Waals surface area (Å²) in [6.07, 6.45) is 4.62. The van der Waals surface area contributed by atoms with E-state index in [4.69, 9.17) is 5.73 Å². The van der Waals surface area contributed by atoms with Crippen molar-refractivity contribution in [3.05, 3.63) is 90.6 Å². The summed E-state index contributed by atoms with van der Waals surface area (Å²) in [5, 5.41) is 2.48. The Kier molecular flexibility index (Phi) is 5.39. The minimum absolute atomic E-state index is 0.512. The van der Waals surface area contributed by atoms with Gasteiger partial charge in [-0.2, -0.15) is 0 Å². The first-order valence-electron chi connectivity index (χ1n) is 8.16. The maximum absolute atomic E-state index is 11.4. The molecule has 1 radical (unpaired) electrons. The number of benzene rings is 2. The molecule has 1 heterocycles. The highest BCUT2D eigenvalue weighted by molar-refractivity contribution is 6.39. The molecule has 5 heteroatoms. The lowest BCUT2D eigenvalue weighted by atomic mass is 10.0. The van der Waals surface area contributed by atoms with Gasteiger partial charge in [0.1, 0.15) is 0 Å². The molecule has 0 spiro atoms. The Bertz CT molecular complexity index is 923. The fraction of sp³-hybridized carbons (Fsp3) is 0.0476. The van der Waals surface area contributed by atoms with Gasteiger partial charge in [-0.25, -0.2) is 0 Å². The van der Waals surface area contributed by atoms with E-state index in [1.54, 1.807) is 24.4 Å². The van der Waals surface area contributed by atoms with E-state index >= 15 is 0 Å². The zero-order valence-electron chi connectivity index (χ0n) is 14.1. The van der Waals surface area contributed by atoms with Crippen LogP contribution in [0.5, 0.6) is 0 Å². The first-order chi connectivity index (χ1) is 12.6. The number of primary amides is 1. The number of hydrogen-bond acceptors (Lipinski definition) is 3. The lowest BCUT2D eigenvalue weighted by molar-refractivity contribution is -0.134. The third kappa shape index (κ3) is 4.54. The lowest BCUT2D eigenvalue weighted by Crippen LogP contribution is -2.29. The number of rotatable bonds is 5. The highest BCUT2D eigenvalue weighted by Crippen LogP contribution is 2.23. The molecule has 0 saturated carbocycles. The summed E-state index contributed by atoms with van der Waals surface area (Å²) in [4.78, 5) is 26.7. The molecule has 3 rings (SSSR count). The molecule has 1 aromatic heterocycles. The first-order valence-corrected chi connectivity index (χ1v) is 8.16. The molecule has 0 fully saturated rings. The summed E-state index contributed by atoms with van der Waals surface area (Å²) < 4.78 is 0. The maximum atomic E-state index is 11.4. The smallest absolute Gasteiger partial charge is 0.313 e. The number of aromatic nitrogens is 1. The third-order valence-electron chi connectivity index (χ3n) is 3.85. The molecule has 0 aliphatic carbocycles. The van der Waals surface area contributed by atoms with E-state index in [2.05, 4.69) is 28.9 Å². The van der Waals surface area contributed by atoms with Gasteiger partial charge in [-0.15, -0.1) is 0 Å². The zero-order valence-corrected chi connectivity index (χ0v) is 14.1. The Labute approximate surface area is 151 Å².